The van der Waals surface area contributed by atoms with Crippen molar-refractivity contribution in [1.29, 1.82) is 0 Å². The van der Waals surface area contributed by atoms with Gasteiger partial charge < -0.3 is 5.11 Å². The maximum atomic E-state index is 9.73. The fraction of sp³-hybridized carbons (Fsp3) is 0.250. The van der Waals surface area contributed by atoms with Gasteiger partial charge in [0.1, 0.15) is 0 Å². The van der Waals surface area contributed by atoms with E-state index >= 15 is 0 Å². The molecular weight excluding hydrogens is 224 g/mol. The Morgan fingerprint density at radius 1 is 1.38 bits per heavy atom. The monoisotopic (exact) mass is 236 g/mol. The lowest BCUT2D eigenvalue weighted by Crippen LogP contribution is -1.91. The zero-order valence-electron chi connectivity index (χ0n) is 9.18. The first kappa shape index (κ1) is 11.0. The molecule has 0 saturated carbocycles. The normalized spacial score (nSPS) is 11.0. The molecule has 0 bridgehead atoms. The zero-order valence-corrected chi connectivity index (χ0v) is 9.94. The number of benzene rings is 1. The number of hydrogen-bond donors (Lipinski definition) is 1. The zero-order chi connectivity index (χ0) is 11.7. The molecule has 1 heterocycles. The summed E-state index contributed by atoms with van der Waals surface area (Å²) < 4.78 is 1.63. The number of rotatable bonds is 2. The molecular formula is C12H13ClN2O. The average molecular weight is 237 g/mol. The maximum absolute atomic E-state index is 9.73. The Morgan fingerprint density at radius 3 is 2.69 bits per heavy atom. The topological polar surface area (TPSA) is 38.0 Å². The van der Waals surface area contributed by atoms with Gasteiger partial charge in [0.25, 0.3) is 6.01 Å². The summed E-state index contributed by atoms with van der Waals surface area (Å²) in [6, 6.07) is 7.28. The lowest BCUT2D eigenvalue weighted by atomic mass is 10.2. The third-order valence-corrected chi connectivity index (χ3v) is 2.62. The molecule has 0 aliphatic heterocycles. The third-order valence-electron chi connectivity index (χ3n) is 2.38. The second-order valence-corrected chi connectivity index (χ2v) is 4.41. The van der Waals surface area contributed by atoms with E-state index in [1.807, 2.05) is 32.2 Å². The van der Waals surface area contributed by atoms with E-state index < -0.39 is 0 Å². The van der Waals surface area contributed by atoms with Crippen LogP contribution in [0.5, 0.6) is 6.01 Å². The Hall–Kier alpha value is -1.48. The molecule has 16 heavy (non-hydrogen) atoms. The molecule has 0 amide bonds. The Kier molecular flexibility index (Phi) is 2.88. The number of aromatic hydroxyl groups is 1. The van der Waals surface area contributed by atoms with Crippen LogP contribution in [0, 0.1) is 0 Å². The van der Waals surface area contributed by atoms with Crippen LogP contribution in [-0.4, -0.2) is 14.7 Å². The van der Waals surface area contributed by atoms with E-state index in [2.05, 4.69) is 4.98 Å². The van der Waals surface area contributed by atoms with Gasteiger partial charge in [-0.3, -0.25) is 4.57 Å². The van der Waals surface area contributed by atoms with Crippen LogP contribution in [0.4, 0.5) is 0 Å². The van der Waals surface area contributed by atoms with Crippen molar-refractivity contribution >= 4 is 11.6 Å². The van der Waals surface area contributed by atoms with E-state index in [0.29, 0.717) is 5.02 Å². The fourth-order valence-electron chi connectivity index (χ4n) is 1.48. The summed E-state index contributed by atoms with van der Waals surface area (Å²) in [4.78, 5) is 4.09. The van der Waals surface area contributed by atoms with E-state index in [-0.39, 0.29) is 11.9 Å². The summed E-state index contributed by atoms with van der Waals surface area (Å²) in [6.07, 6.45) is 1.83. The molecule has 1 aromatic carbocycles. The van der Waals surface area contributed by atoms with E-state index in [4.69, 9.17) is 11.6 Å². The molecule has 4 heteroatoms. The van der Waals surface area contributed by atoms with Gasteiger partial charge in [0.2, 0.25) is 0 Å². The van der Waals surface area contributed by atoms with Crippen molar-refractivity contribution in [2.24, 2.45) is 0 Å². The standard InChI is InChI=1S/C12H13ClN2O/c1-8(2)11-7-15(12(16)14-11)10-5-3-4-9(13)6-10/h3-8H,1-2H3,(H,14,16). The highest BCUT2D eigenvalue weighted by atomic mass is 35.5. The van der Waals surface area contributed by atoms with Crippen LogP contribution in [0.15, 0.2) is 30.5 Å². The summed E-state index contributed by atoms with van der Waals surface area (Å²) in [6.45, 7) is 4.06. The molecule has 0 radical (unpaired) electrons. The lowest BCUT2D eigenvalue weighted by Gasteiger charge is -2.03. The van der Waals surface area contributed by atoms with Crippen LogP contribution in [0.3, 0.4) is 0 Å². The summed E-state index contributed by atoms with van der Waals surface area (Å²) in [5.74, 6) is 0.284. The lowest BCUT2D eigenvalue weighted by molar-refractivity contribution is 0.421. The van der Waals surface area contributed by atoms with Crippen LogP contribution in [0.2, 0.25) is 5.02 Å². The smallest absolute Gasteiger partial charge is 0.298 e. The maximum Gasteiger partial charge on any atom is 0.298 e. The Morgan fingerprint density at radius 2 is 2.12 bits per heavy atom. The van der Waals surface area contributed by atoms with Gasteiger partial charge in [-0.05, 0) is 24.1 Å². The van der Waals surface area contributed by atoms with Gasteiger partial charge >= 0.3 is 0 Å². The van der Waals surface area contributed by atoms with Crippen LogP contribution >= 0.6 is 11.6 Å². The highest BCUT2D eigenvalue weighted by molar-refractivity contribution is 6.30. The Balaban J connectivity index is 2.48. The van der Waals surface area contributed by atoms with Crippen molar-refractivity contribution in [2.45, 2.75) is 19.8 Å². The van der Waals surface area contributed by atoms with E-state index in [1.54, 1.807) is 16.7 Å². The minimum Gasteiger partial charge on any atom is -0.480 e. The first-order valence-electron chi connectivity index (χ1n) is 5.12. The Labute approximate surface area is 99.3 Å². The number of hydrogen-bond acceptors (Lipinski definition) is 2. The molecule has 0 fully saturated rings. The first-order chi connectivity index (χ1) is 7.58. The molecule has 2 aromatic rings. The van der Waals surface area contributed by atoms with Gasteiger partial charge in [-0.15, -0.1) is 0 Å². The second-order valence-electron chi connectivity index (χ2n) is 3.97. The SMILES string of the molecule is CC(C)c1cn(-c2cccc(Cl)c2)c(O)n1. The van der Waals surface area contributed by atoms with E-state index in [1.165, 1.54) is 0 Å². The molecule has 0 aliphatic rings. The van der Waals surface area contributed by atoms with Crippen LogP contribution in [-0.2, 0) is 0 Å². The predicted octanol–water partition coefficient (Wildman–Crippen LogP) is 3.35. The van der Waals surface area contributed by atoms with Crippen LogP contribution in [0.1, 0.15) is 25.5 Å². The molecule has 0 aliphatic carbocycles. The van der Waals surface area contributed by atoms with Crippen LogP contribution in [0.25, 0.3) is 5.69 Å². The summed E-state index contributed by atoms with van der Waals surface area (Å²) in [7, 11) is 0. The van der Waals surface area contributed by atoms with Crippen molar-refractivity contribution in [3.63, 3.8) is 0 Å². The number of imidazole rings is 1. The van der Waals surface area contributed by atoms with Gasteiger partial charge in [0.05, 0.1) is 11.4 Å². The largest absolute Gasteiger partial charge is 0.480 e. The molecule has 3 nitrogen and oxygen atoms in total. The number of aromatic nitrogens is 2. The van der Waals surface area contributed by atoms with Gasteiger partial charge in [0, 0.05) is 11.2 Å². The van der Waals surface area contributed by atoms with Gasteiger partial charge in [0.15, 0.2) is 0 Å². The van der Waals surface area contributed by atoms with Gasteiger partial charge in [-0.25, -0.2) is 0 Å². The van der Waals surface area contributed by atoms with Gasteiger partial charge in [-0.1, -0.05) is 31.5 Å². The summed E-state index contributed by atoms with van der Waals surface area (Å²) >= 11 is 5.90. The highest BCUT2D eigenvalue weighted by Gasteiger charge is 2.10. The summed E-state index contributed by atoms with van der Waals surface area (Å²) in [5.41, 5.74) is 1.67. The summed E-state index contributed by atoms with van der Waals surface area (Å²) in [5, 5.41) is 10.4. The molecule has 0 saturated heterocycles. The van der Waals surface area contributed by atoms with E-state index in [0.717, 1.165) is 11.4 Å². The number of nitrogens with zero attached hydrogens (tertiary/aromatic N) is 2. The minimum absolute atomic E-state index is 0.00836. The van der Waals surface area contributed by atoms with Crippen molar-refractivity contribution in [3.05, 3.63) is 41.2 Å². The van der Waals surface area contributed by atoms with Crippen molar-refractivity contribution in [2.75, 3.05) is 0 Å². The quantitative estimate of drug-likeness (QED) is 0.868. The molecule has 0 atom stereocenters. The van der Waals surface area contributed by atoms with E-state index in [9.17, 15) is 5.11 Å². The average Bonchev–Trinajstić information content (AvgIpc) is 2.60. The molecule has 1 aromatic heterocycles. The second kappa shape index (κ2) is 4.18. The van der Waals surface area contributed by atoms with Crippen molar-refractivity contribution in [1.82, 2.24) is 9.55 Å². The highest BCUT2D eigenvalue weighted by Crippen LogP contribution is 2.23. The first-order valence-corrected chi connectivity index (χ1v) is 5.50. The van der Waals surface area contributed by atoms with Crippen molar-refractivity contribution in [3.8, 4) is 11.7 Å². The molecule has 0 spiro atoms. The molecule has 84 valence electrons. The predicted molar refractivity (Wildman–Crippen MR) is 64.3 cm³/mol. The minimum atomic E-state index is -0.00836. The number of halogens is 1. The molecule has 1 N–H and O–H groups in total. The van der Waals surface area contributed by atoms with Crippen LogP contribution < -0.4 is 0 Å². The fourth-order valence-corrected chi connectivity index (χ4v) is 1.67. The Bertz CT molecular complexity index is 505. The third kappa shape index (κ3) is 2.04. The van der Waals surface area contributed by atoms with Crippen molar-refractivity contribution < 1.29 is 5.11 Å². The van der Waals surface area contributed by atoms with Gasteiger partial charge in [-0.2, -0.15) is 4.98 Å². The molecule has 2 rings (SSSR count). The molecule has 0 unspecified atom stereocenters.